The average Bonchev–Trinajstić information content (AvgIpc) is 3.49. The molecule has 8 nitrogen and oxygen atoms in total. The molecule has 4 atom stereocenters. The van der Waals surface area contributed by atoms with Crippen molar-refractivity contribution < 1.29 is 19.3 Å². The van der Waals surface area contributed by atoms with E-state index in [2.05, 4.69) is 5.32 Å². The van der Waals surface area contributed by atoms with Crippen molar-refractivity contribution in [2.75, 3.05) is 5.32 Å². The fourth-order valence-electron chi connectivity index (χ4n) is 6.90. The quantitative estimate of drug-likeness (QED) is 0.172. The fourth-order valence-corrected chi connectivity index (χ4v) is 7.03. The minimum absolute atomic E-state index is 0.0526. The second kappa shape index (κ2) is 9.49. The third-order valence-corrected chi connectivity index (χ3v) is 8.84. The first-order chi connectivity index (χ1) is 20.3. The molecule has 0 unspecified atom stereocenters. The fraction of sp³-hybridized carbons (Fsp3) is 0.121. The number of rotatable bonds is 5. The monoisotopic (exact) mass is 575 g/mol. The van der Waals surface area contributed by atoms with Gasteiger partial charge in [-0.15, -0.1) is 0 Å². The lowest BCUT2D eigenvalue weighted by atomic mass is 9.62. The molecular formula is C33H22ClN3O5. The predicted molar refractivity (Wildman–Crippen MR) is 157 cm³/mol. The first-order valence-corrected chi connectivity index (χ1v) is 13.7. The lowest BCUT2D eigenvalue weighted by Crippen LogP contribution is -2.49. The number of carbonyl (C=O) groups is 3. The van der Waals surface area contributed by atoms with Crippen molar-refractivity contribution in [2.24, 2.45) is 5.92 Å². The largest absolute Gasteiger partial charge is 0.358 e. The van der Waals surface area contributed by atoms with E-state index in [1.165, 1.54) is 24.3 Å². The van der Waals surface area contributed by atoms with Crippen LogP contribution in [0.1, 0.15) is 43.4 Å². The highest BCUT2D eigenvalue weighted by atomic mass is 35.5. The Kier molecular flexibility index (Phi) is 5.85. The molecule has 9 heteroatoms. The molecule has 3 aliphatic heterocycles. The summed E-state index contributed by atoms with van der Waals surface area (Å²) in [5, 5.41) is 15.1. The van der Waals surface area contributed by atoms with E-state index in [4.69, 9.17) is 11.6 Å². The molecule has 0 radical (unpaired) electrons. The summed E-state index contributed by atoms with van der Waals surface area (Å²) in [6.07, 6.45) is 3.66. The molecule has 1 spiro atoms. The van der Waals surface area contributed by atoms with Gasteiger partial charge in [0.05, 0.1) is 16.9 Å². The zero-order valence-electron chi connectivity index (χ0n) is 21.9. The van der Waals surface area contributed by atoms with E-state index in [1.807, 2.05) is 41.3 Å². The van der Waals surface area contributed by atoms with Gasteiger partial charge in [-0.3, -0.25) is 24.5 Å². The number of benzene rings is 4. The molecule has 3 heterocycles. The Morgan fingerprint density at radius 1 is 0.881 bits per heavy atom. The summed E-state index contributed by atoms with van der Waals surface area (Å²) in [7, 11) is 0. The van der Waals surface area contributed by atoms with Crippen LogP contribution < -0.4 is 5.32 Å². The van der Waals surface area contributed by atoms with E-state index in [9.17, 15) is 24.5 Å². The van der Waals surface area contributed by atoms with Crippen molar-refractivity contribution in [1.82, 2.24) is 4.90 Å². The highest BCUT2D eigenvalue weighted by molar-refractivity contribution is 6.30. The summed E-state index contributed by atoms with van der Waals surface area (Å²) >= 11 is 6.12. The second-order valence-corrected chi connectivity index (χ2v) is 11.1. The van der Waals surface area contributed by atoms with Crippen molar-refractivity contribution in [3.05, 3.63) is 146 Å². The number of hydrogen-bond donors (Lipinski definition) is 1. The minimum atomic E-state index is -1.52. The van der Waals surface area contributed by atoms with Crippen LogP contribution in [0, 0.1) is 16.0 Å². The second-order valence-electron chi connectivity index (χ2n) is 10.6. The van der Waals surface area contributed by atoms with Gasteiger partial charge in [0.1, 0.15) is 11.5 Å². The third kappa shape index (κ3) is 3.58. The van der Waals surface area contributed by atoms with Crippen LogP contribution >= 0.6 is 11.6 Å². The minimum Gasteiger partial charge on any atom is -0.358 e. The number of ketones is 2. The molecule has 3 aliphatic rings. The summed E-state index contributed by atoms with van der Waals surface area (Å²) in [5.74, 6) is -2.53. The number of non-ortho nitro benzene ring substituents is 1. The molecule has 206 valence electrons. The maximum atomic E-state index is 14.8. The van der Waals surface area contributed by atoms with Crippen molar-refractivity contribution in [3.8, 4) is 0 Å². The molecule has 1 fully saturated rings. The molecular weight excluding hydrogens is 554 g/mol. The predicted octanol–water partition coefficient (Wildman–Crippen LogP) is 6.23. The summed E-state index contributed by atoms with van der Waals surface area (Å²) in [6.45, 7) is 0. The average molecular weight is 576 g/mol. The molecule has 0 aliphatic carbocycles. The normalized spacial score (nSPS) is 23.2. The molecule has 1 N–H and O–H groups in total. The van der Waals surface area contributed by atoms with Crippen LogP contribution in [-0.4, -0.2) is 33.3 Å². The van der Waals surface area contributed by atoms with Gasteiger partial charge in [-0.05, 0) is 53.1 Å². The Balaban J connectivity index is 1.53. The van der Waals surface area contributed by atoms with Gasteiger partial charge in [-0.2, -0.15) is 0 Å². The van der Waals surface area contributed by atoms with Crippen molar-refractivity contribution >= 4 is 46.5 Å². The summed E-state index contributed by atoms with van der Waals surface area (Å²) in [5.41, 5.74) is 1.44. The van der Waals surface area contributed by atoms with Gasteiger partial charge >= 0.3 is 0 Å². The summed E-state index contributed by atoms with van der Waals surface area (Å²) in [6, 6.07) is 24.8. The van der Waals surface area contributed by atoms with Crippen molar-refractivity contribution in [3.63, 3.8) is 0 Å². The summed E-state index contributed by atoms with van der Waals surface area (Å²) in [4.78, 5) is 56.6. The Labute approximate surface area is 245 Å². The number of amides is 1. The van der Waals surface area contributed by atoms with Crippen LogP contribution in [0.25, 0.3) is 6.08 Å². The van der Waals surface area contributed by atoms with Gasteiger partial charge < -0.3 is 10.2 Å². The standard InChI is InChI=1S/C33H22ClN3O5/c34-22-14-12-20(13-15-22)30(39)28-27(29(38)21-7-5-8-23(18-21)37(41)42)33(25-10-3-4-11-26(25)35-32(33)40)31-24-9-2-1-6-19(24)16-17-36(28)31/h1-18,27-28,31H,(H,35,40)/t27-,28+,31+,33+/m0/s1. The number of halogens is 1. The van der Waals surface area contributed by atoms with Crippen molar-refractivity contribution in [1.29, 1.82) is 0 Å². The van der Waals surface area contributed by atoms with E-state index < -0.39 is 40.0 Å². The number of nitro groups is 1. The number of hydrogen-bond acceptors (Lipinski definition) is 6. The number of nitrogens with one attached hydrogen (secondary N) is 1. The van der Waals surface area contributed by atoms with E-state index in [-0.39, 0.29) is 17.0 Å². The molecule has 1 amide bonds. The molecule has 0 bridgehead atoms. The lowest BCUT2D eigenvalue weighted by molar-refractivity contribution is -0.384. The molecule has 42 heavy (non-hydrogen) atoms. The van der Waals surface area contributed by atoms with Crippen LogP contribution in [0.3, 0.4) is 0 Å². The number of nitrogens with zero attached hydrogens (tertiary/aromatic N) is 2. The molecule has 4 aromatic rings. The molecule has 4 aromatic carbocycles. The smallest absolute Gasteiger partial charge is 0.270 e. The number of carbonyl (C=O) groups excluding carboxylic acids is 3. The first-order valence-electron chi connectivity index (χ1n) is 13.4. The van der Waals surface area contributed by atoms with Crippen LogP contribution in [0.4, 0.5) is 11.4 Å². The highest BCUT2D eigenvalue weighted by Gasteiger charge is 2.70. The maximum absolute atomic E-state index is 14.8. The Morgan fingerprint density at radius 3 is 2.40 bits per heavy atom. The van der Waals surface area contributed by atoms with Crippen LogP contribution in [0.5, 0.6) is 0 Å². The molecule has 1 saturated heterocycles. The van der Waals surface area contributed by atoms with E-state index in [0.717, 1.165) is 11.1 Å². The first kappa shape index (κ1) is 25.9. The van der Waals surface area contributed by atoms with E-state index in [1.54, 1.807) is 48.7 Å². The zero-order chi connectivity index (χ0) is 29.2. The van der Waals surface area contributed by atoms with Gasteiger partial charge in [0, 0.05) is 40.2 Å². The highest BCUT2D eigenvalue weighted by Crippen LogP contribution is 2.62. The number of para-hydroxylation sites is 1. The van der Waals surface area contributed by atoms with Crippen molar-refractivity contribution in [2.45, 2.75) is 17.5 Å². The zero-order valence-corrected chi connectivity index (χ0v) is 22.7. The van der Waals surface area contributed by atoms with E-state index in [0.29, 0.717) is 21.8 Å². The number of fused-ring (bicyclic) bond motifs is 6. The number of anilines is 1. The molecule has 0 aromatic heterocycles. The van der Waals surface area contributed by atoms with Gasteiger partial charge in [0.15, 0.2) is 11.6 Å². The third-order valence-electron chi connectivity index (χ3n) is 8.59. The van der Waals surface area contributed by atoms with Crippen LogP contribution in [0.2, 0.25) is 5.02 Å². The number of Topliss-reactive ketones (excluding diaryl/α,β-unsaturated/α-hetero) is 2. The Hall–Kier alpha value is -5.08. The maximum Gasteiger partial charge on any atom is 0.270 e. The van der Waals surface area contributed by atoms with Gasteiger partial charge in [0.2, 0.25) is 5.91 Å². The summed E-state index contributed by atoms with van der Waals surface area (Å²) < 4.78 is 0. The number of nitro benzene ring substituents is 1. The van der Waals surface area contributed by atoms with E-state index >= 15 is 0 Å². The van der Waals surface area contributed by atoms with Crippen LogP contribution in [-0.2, 0) is 10.2 Å². The van der Waals surface area contributed by atoms with Crippen LogP contribution in [0.15, 0.2) is 103 Å². The Bertz CT molecular complexity index is 1850. The topological polar surface area (TPSA) is 110 Å². The van der Waals surface area contributed by atoms with Gasteiger partial charge in [-0.25, -0.2) is 0 Å². The SMILES string of the molecule is O=C(c1cccc([N+](=O)[O-])c1)[C@@H]1[C@H](C(=O)c2ccc(Cl)cc2)N2C=Cc3ccccc3[C@@H]2[C@]12C(=O)Nc1ccccc12. The molecule has 7 rings (SSSR count). The molecule has 0 saturated carbocycles. The Morgan fingerprint density at radius 2 is 1.62 bits per heavy atom. The van der Waals surface area contributed by atoms with Gasteiger partial charge in [-0.1, -0.05) is 66.2 Å². The lowest BCUT2D eigenvalue weighted by Gasteiger charge is -2.38. The van der Waals surface area contributed by atoms with Gasteiger partial charge in [0.25, 0.3) is 5.69 Å².